The van der Waals surface area contributed by atoms with E-state index in [1.807, 2.05) is 29.9 Å². The van der Waals surface area contributed by atoms with Gasteiger partial charge in [0.05, 0.1) is 18.8 Å². The zero-order chi connectivity index (χ0) is 16.5. The number of nitrogens with zero attached hydrogens (tertiary/aromatic N) is 3. The number of benzene rings is 1. The van der Waals surface area contributed by atoms with Gasteiger partial charge in [0, 0.05) is 26.8 Å². The standard InChI is InChI=1S/C17H25N5O.HI/c1-4-10-23-16-7-5-6-14(11-16)12-19-17(18-2)20-13-15-8-9-21-22(15)3;/h5-9,11H,4,10,12-13H2,1-3H3,(H2,18,19,20);1H. The molecule has 0 radical (unpaired) electrons. The van der Waals surface area contributed by atoms with Crippen LogP contribution >= 0.6 is 24.0 Å². The van der Waals surface area contributed by atoms with E-state index in [-0.39, 0.29) is 24.0 Å². The molecule has 2 rings (SSSR count). The van der Waals surface area contributed by atoms with Crippen molar-refractivity contribution in [1.29, 1.82) is 0 Å². The van der Waals surface area contributed by atoms with Crippen molar-refractivity contribution in [1.82, 2.24) is 20.4 Å². The Bertz CT molecular complexity index is 641. The minimum Gasteiger partial charge on any atom is -0.494 e. The predicted molar refractivity (Wildman–Crippen MR) is 108 cm³/mol. The van der Waals surface area contributed by atoms with Crippen LogP contribution in [0.5, 0.6) is 5.75 Å². The molecule has 0 spiro atoms. The lowest BCUT2D eigenvalue weighted by Gasteiger charge is -2.13. The van der Waals surface area contributed by atoms with Crippen LogP contribution in [0.3, 0.4) is 0 Å². The SMILES string of the molecule is CCCOc1cccc(CNC(=NC)NCc2ccnn2C)c1.I. The highest BCUT2D eigenvalue weighted by Crippen LogP contribution is 2.13. The van der Waals surface area contributed by atoms with Crippen molar-refractivity contribution >= 4 is 29.9 Å². The number of rotatable bonds is 7. The highest BCUT2D eigenvalue weighted by atomic mass is 127. The Balaban J connectivity index is 0.00000288. The van der Waals surface area contributed by atoms with E-state index in [0.29, 0.717) is 13.1 Å². The van der Waals surface area contributed by atoms with Gasteiger partial charge in [-0.25, -0.2) is 0 Å². The van der Waals surface area contributed by atoms with Crippen molar-refractivity contribution < 1.29 is 4.74 Å². The maximum Gasteiger partial charge on any atom is 0.191 e. The summed E-state index contributed by atoms with van der Waals surface area (Å²) >= 11 is 0. The first kappa shape index (κ1) is 20.3. The van der Waals surface area contributed by atoms with Gasteiger partial charge < -0.3 is 15.4 Å². The molecule has 0 bridgehead atoms. The lowest BCUT2D eigenvalue weighted by molar-refractivity contribution is 0.317. The van der Waals surface area contributed by atoms with Crippen molar-refractivity contribution in [3.05, 3.63) is 47.8 Å². The molecule has 1 aromatic carbocycles. The summed E-state index contributed by atoms with van der Waals surface area (Å²) in [6.07, 6.45) is 2.79. The second kappa shape index (κ2) is 10.9. The van der Waals surface area contributed by atoms with E-state index in [1.165, 1.54) is 0 Å². The summed E-state index contributed by atoms with van der Waals surface area (Å²) < 4.78 is 7.50. The van der Waals surface area contributed by atoms with Gasteiger partial charge in [-0.1, -0.05) is 19.1 Å². The molecule has 24 heavy (non-hydrogen) atoms. The second-order valence-electron chi connectivity index (χ2n) is 5.22. The van der Waals surface area contributed by atoms with Crippen LogP contribution in [0, 0.1) is 0 Å². The normalized spacial score (nSPS) is 10.9. The largest absolute Gasteiger partial charge is 0.494 e. The van der Waals surface area contributed by atoms with Crippen LogP contribution in [0.15, 0.2) is 41.5 Å². The molecular formula is C17H26IN5O. The van der Waals surface area contributed by atoms with Gasteiger partial charge in [-0.05, 0) is 30.2 Å². The molecule has 6 nitrogen and oxygen atoms in total. The van der Waals surface area contributed by atoms with Gasteiger partial charge in [0.25, 0.3) is 0 Å². The van der Waals surface area contributed by atoms with Crippen LogP contribution in [0.1, 0.15) is 24.6 Å². The number of halogens is 1. The Morgan fingerprint density at radius 2 is 2.04 bits per heavy atom. The quantitative estimate of drug-likeness (QED) is 0.393. The Morgan fingerprint density at radius 1 is 1.25 bits per heavy atom. The molecule has 0 atom stereocenters. The Hall–Kier alpha value is -1.77. The molecule has 0 amide bonds. The van der Waals surface area contributed by atoms with Crippen LogP contribution < -0.4 is 15.4 Å². The molecule has 0 aliphatic carbocycles. The van der Waals surface area contributed by atoms with Crippen molar-refractivity contribution in [2.45, 2.75) is 26.4 Å². The number of guanidine groups is 1. The fourth-order valence-corrected chi connectivity index (χ4v) is 2.12. The highest BCUT2D eigenvalue weighted by Gasteiger charge is 2.02. The van der Waals surface area contributed by atoms with Crippen LogP contribution in [0.2, 0.25) is 0 Å². The first-order valence-corrected chi connectivity index (χ1v) is 7.86. The van der Waals surface area contributed by atoms with Gasteiger partial charge in [-0.2, -0.15) is 5.10 Å². The number of aryl methyl sites for hydroxylation is 1. The summed E-state index contributed by atoms with van der Waals surface area (Å²) in [5.41, 5.74) is 2.25. The molecule has 2 N–H and O–H groups in total. The number of aliphatic imine (C=N–C) groups is 1. The van der Waals surface area contributed by atoms with Crippen LogP contribution in [-0.2, 0) is 20.1 Å². The third-order valence-corrected chi connectivity index (χ3v) is 3.41. The first-order valence-electron chi connectivity index (χ1n) is 7.86. The van der Waals surface area contributed by atoms with E-state index in [4.69, 9.17) is 4.74 Å². The molecule has 0 saturated carbocycles. The van der Waals surface area contributed by atoms with Crippen LogP contribution in [-0.4, -0.2) is 29.4 Å². The lowest BCUT2D eigenvalue weighted by Crippen LogP contribution is -2.36. The van der Waals surface area contributed by atoms with E-state index in [0.717, 1.165) is 36.0 Å². The maximum atomic E-state index is 5.66. The molecule has 0 fully saturated rings. The fraction of sp³-hybridized carbons (Fsp3) is 0.412. The van der Waals surface area contributed by atoms with Crippen molar-refractivity contribution in [2.75, 3.05) is 13.7 Å². The van der Waals surface area contributed by atoms with E-state index < -0.39 is 0 Å². The van der Waals surface area contributed by atoms with E-state index in [1.54, 1.807) is 13.2 Å². The Labute approximate surface area is 160 Å². The molecule has 0 unspecified atom stereocenters. The Morgan fingerprint density at radius 3 is 2.71 bits per heavy atom. The third-order valence-electron chi connectivity index (χ3n) is 3.41. The van der Waals surface area contributed by atoms with E-state index in [9.17, 15) is 0 Å². The Kier molecular flexibility index (Phi) is 9.21. The highest BCUT2D eigenvalue weighted by molar-refractivity contribution is 14.0. The average Bonchev–Trinajstić information content (AvgIpc) is 2.98. The molecule has 1 heterocycles. The number of hydrogen-bond donors (Lipinski definition) is 2. The zero-order valence-electron chi connectivity index (χ0n) is 14.5. The summed E-state index contributed by atoms with van der Waals surface area (Å²) in [7, 11) is 3.69. The van der Waals surface area contributed by atoms with Crippen molar-refractivity contribution in [2.24, 2.45) is 12.0 Å². The molecule has 0 saturated heterocycles. The van der Waals surface area contributed by atoms with E-state index in [2.05, 4.69) is 39.8 Å². The second-order valence-corrected chi connectivity index (χ2v) is 5.22. The molecular weight excluding hydrogens is 417 g/mol. The van der Waals surface area contributed by atoms with Gasteiger partial charge in [-0.3, -0.25) is 9.67 Å². The summed E-state index contributed by atoms with van der Waals surface area (Å²) in [6.45, 7) is 4.21. The first-order chi connectivity index (χ1) is 11.2. The lowest BCUT2D eigenvalue weighted by atomic mass is 10.2. The fourth-order valence-electron chi connectivity index (χ4n) is 2.12. The van der Waals surface area contributed by atoms with Gasteiger partial charge in [0.1, 0.15) is 5.75 Å². The molecule has 1 aromatic heterocycles. The topological polar surface area (TPSA) is 63.5 Å². The molecule has 132 valence electrons. The predicted octanol–water partition coefficient (Wildman–Crippen LogP) is 2.69. The minimum absolute atomic E-state index is 0. The van der Waals surface area contributed by atoms with Crippen LogP contribution in [0.4, 0.5) is 0 Å². The minimum atomic E-state index is 0. The van der Waals surface area contributed by atoms with Gasteiger partial charge >= 0.3 is 0 Å². The molecule has 7 heteroatoms. The number of nitrogens with one attached hydrogen (secondary N) is 2. The molecule has 2 aromatic rings. The van der Waals surface area contributed by atoms with Crippen LogP contribution in [0.25, 0.3) is 0 Å². The number of ether oxygens (including phenoxy) is 1. The summed E-state index contributed by atoms with van der Waals surface area (Å²) in [5, 5.41) is 10.7. The zero-order valence-corrected chi connectivity index (χ0v) is 16.8. The summed E-state index contributed by atoms with van der Waals surface area (Å²) in [6, 6.07) is 10.1. The number of aromatic nitrogens is 2. The monoisotopic (exact) mass is 443 g/mol. The van der Waals surface area contributed by atoms with Crippen molar-refractivity contribution in [3.63, 3.8) is 0 Å². The average molecular weight is 443 g/mol. The maximum absolute atomic E-state index is 5.66. The van der Waals surface area contributed by atoms with Gasteiger partial charge in [0.2, 0.25) is 0 Å². The molecule has 0 aliphatic rings. The van der Waals surface area contributed by atoms with Crippen molar-refractivity contribution in [3.8, 4) is 5.75 Å². The van der Waals surface area contributed by atoms with Gasteiger partial charge in [0.15, 0.2) is 5.96 Å². The smallest absolute Gasteiger partial charge is 0.191 e. The molecule has 0 aliphatic heterocycles. The van der Waals surface area contributed by atoms with E-state index >= 15 is 0 Å². The van der Waals surface area contributed by atoms with Gasteiger partial charge in [-0.15, -0.1) is 24.0 Å². The third kappa shape index (κ3) is 6.38. The summed E-state index contributed by atoms with van der Waals surface area (Å²) in [4.78, 5) is 4.24. The number of hydrogen-bond acceptors (Lipinski definition) is 3. The summed E-state index contributed by atoms with van der Waals surface area (Å²) in [5.74, 6) is 1.66.